The number of halogens is 1. The predicted molar refractivity (Wildman–Crippen MR) is 115 cm³/mol. The van der Waals surface area contributed by atoms with Crippen molar-refractivity contribution in [1.82, 2.24) is 15.4 Å². The lowest BCUT2D eigenvalue weighted by atomic mass is 10.1. The topological polar surface area (TPSA) is 71.1 Å². The number of H-pyrrole nitrogens is 1. The zero-order chi connectivity index (χ0) is 21.6. The summed E-state index contributed by atoms with van der Waals surface area (Å²) < 4.78 is 19.1. The van der Waals surface area contributed by atoms with Crippen molar-refractivity contribution in [3.05, 3.63) is 107 Å². The second-order valence-electron chi connectivity index (χ2n) is 7.07. The molecular formula is C24H21FN4O2. The van der Waals surface area contributed by atoms with Crippen molar-refractivity contribution < 1.29 is 13.9 Å². The lowest BCUT2D eigenvalue weighted by molar-refractivity contribution is 0.0979. The molecule has 156 valence electrons. The number of hydrogen-bond donors (Lipinski definition) is 1. The minimum atomic E-state index is -0.325. The first-order valence-electron chi connectivity index (χ1n) is 9.81. The highest BCUT2D eigenvalue weighted by Crippen LogP contribution is 2.24. The van der Waals surface area contributed by atoms with Crippen LogP contribution in [0.5, 0.6) is 5.75 Å². The molecule has 0 aliphatic heterocycles. The highest BCUT2D eigenvalue weighted by atomic mass is 19.1. The number of amides is 1. The molecule has 0 atom stereocenters. The van der Waals surface area contributed by atoms with Crippen LogP contribution in [0.1, 0.15) is 27.3 Å². The number of rotatable bonds is 7. The van der Waals surface area contributed by atoms with E-state index in [0.717, 1.165) is 11.1 Å². The van der Waals surface area contributed by atoms with E-state index in [1.807, 2.05) is 54.6 Å². The first-order chi connectivity index (χ1) is 15.1. The van der Waals surface area contributed by atoms with E-state index in [-0.39, 0.29) is 24.0 Å². The van der Waals surface area contributed by atoms with E-state index in [9.17, 15) is 9.18 Å². The maximum Gasteiger partial charge on any atom is 0.281 e. The molecule has 0 unspecified atom stereocenters. The Morgan fingerprint density at radius 2 is 1.68 bits per heavy atom. The Hall–Kier alpha value is -4.00. The molecule has 0 radical (unpaired) electrons. The molecule has 0 aliphatic rings. The highest BCUT2D eigenvalue weighted by Gasteiger charge is 2.23. The number of ether oxygens (including phenoxy) is 1. The minimum absolute atomic E-state index is 0.242. The molecule has 1 amide bonds. The van der Waals surface area contributed by atoms with E-state index in [4.69, 9.17) is 4.74 Å². The Balaban J connectivity index is 1.56. The lowest BCUT2D eigenvalue weighted by Gasteiger charge is -2.22. The van der Waals surface area contributed by atoms with Crippen molar-refractivity contribution in [2.24, 2.45) is 0 Å². The van der Waals surface area contributed by atoms with Gasteiger partial charge >= 0.3 is 0 Å². The van der Waals surface area contributed by atoms with Crippen LogP contribution in [0.25, 0.3) is 0 Å². The van der Waals surface area contributed by atoms with Crippen LogP contribution in [-0.2, 0) is 13.2 Å². The number of carbonyl (C=O) groups excluding carboxylic acids is 1. The van der Waals surface area contributed by atoms with E-state index < -0.39 is 0 Å². The molecule has 4 rings (SSSR count). The zero-order valence-corrected chi connectivity index (χ0v) is 17.0. The summed E-state index contributed by atoms with van der Waals surface area (Å²) in [4.78, 5) is 14.8. The van der Waals surface area contributed by atoms with Crippen LogP contribution >= 0.6 is 0 Å². The SMILES string of the molecule is Cc1[nH]nnc1C(=O)N(Cc1ccc(F)cc1)c1ccc(OCc2ccccc2)cc1. The van der Waals surface area contributed by atoms with Gasteiger partial charge in [0.1, 0.15) is 18.2 Å². The molecule has 1 N–H and O–H groups in total. The molecule has 0 saturated carbocycles. The summed E-state index contributed by atoms with van der Waals surface area (Å²) in [5.41, 5.74) is 3.36. The van der Waals surface area contributed by atoms with Gasteiger partial charge in [-0.3, -0.25) is 9.89 Å². The standard InChI is InChI=1S/C24H21FN4O2/c1-17-23(27-28-26-17)24(30)29(15-18-7-9-20(25)10-8-18)21-11-13-22(14-12-21)31-16-19-5-3-2-4-6-19/h2-14H,15-16H2,1H3,(H,26,27,28). The van der Waals surface area contributed by atoms with Gasteiger partial charge in [-0.05, 0) is 54.4 Å². The van der Waals surface area contributed by atoms with E-state index in [1.165, 1.54) is 12.1 Å². The van der Waals surface area contributed by atoms with Crippen molar-refractivity contribution in [2.45, 2.75) is 20.1 Å². The molecule has 3 aromatic carbocycles. The molecule has 6 nitrogen and oxygen atoms in total. The van der Waals surface area contributed by atoms with Crippen LogP contribution in [0.4, 0.5) is 10.1 Å². The van der Waals surface area contributed by atoms with Gasteiger partial charge in [0, 0.05) is 5.69 Å². The predicted octanol–water partition coefficient (Wildman–Crippen LogP) is 4.68. The second kappa shape index (κ2) is 9.21. The van der Waals surface area contributed by atoms with Gasteiger partial charge in [0.25, 0.3) is 5.91 Å². The van der Waals surface area contributed by atoms with Crippen molar-refractivity contribution >= 4 is 11.6 Å². The molecule has 0 aliphatic carbocycles. The van der Waals surface area contributed by atoms with Crippen LogP contribution < -0.4 is 9.64 Å². The third-order valence-corrected chi connectivity index (χ3v) is 4.82. The molecule has 4 aromatic rings. The normalized spacial score (nSPS) is 10.6. The van der Waals surface area contributed by atoms with Crippen LogP contribution in [0.2, 0.25) is 0 Å². The van der Waals surface area contributed by atoms with Gasteiger partial charge in [-0.1, -0.05) is 47.7 Å². The van der Waals surface area contributed by atoms with E-state index in [2.05, 4.69) is 15.4 Å². The van der Waals surface area contributed by atoms with Gasteiger partial charge in [-0.15, -0.1) is 5.10 Å². The number of carbonyl (C=O) groups is 1. The van der Waals surface area contributed by atoms with Crippen molar-refractivity contribution in [3.63, 3.8) is 0 Å². The molecule has 7 heteroatoms. The van der Waals surface area contributed by atoms with Crippen LogP contribution in [0, 0.1) is 12.7 Å². The van der Waals surface area contributed by atoms with Crippen LogP contribution in [-0.4, -0.2) is 21.3 Å². The second-order valence-corrected chi connectivity index (χ2v) is 7.07. The number of aryl methyl sites for hydroxylation is 1. The summed E-state index contributed by atoms with van der Waals surface area (Å²) >= 11 is 0. The highest BCUT2D eigenvalue weighted by molar-refractivity contribution is 6.05. The molecule has 0 spiro atoms. The Labute approximate surface area is 179 Å². The largest absolute Gasteiger partial charge is 0.489 e. The quantitative estimate of drug-likeness (QED) is 0.475. The van der Waals surface area contributed by atoms with Gasteiger partial charge in [-0.2, -0.15) is 0 Å². The third kappa shape index (κ3) is 4.95. The monoisotopic (exact) mass is 416 g/mol. The first-order valence-corrected chi connectivity index (χ1v) is 9.81. The summed E-state index contributed by atoms with van der Waals surface area (Å²) in [5.74, 6) is 0.0711. The van der Waals surface area contributed by atoms with Gasteiger partial charge in [-0.25, -0.2) is 4.39 Å². The zero-order valence-electron chi connectivity index (χ0n) is 17.0. The van der Waals surface area contributed by atoms with Gasteiger partial charge < -0.3 is 9.64 Å². The Morgan fingerprint density at radius 1 is 0.968 bits per heavy atom. The number of nitrogens with one attached hydrogen (secondary N) is 1. The van der Waals surface area contributed by atoms with E-state index in [0.29, 0.717) is 23.7 Å². The summed E-state index contributed by atoms with van der Waals surface area (Å²) in [7, 11) is 0. The Bertz CT molecular complexity index is 1140. The number of anilines is 1. The number of hydrogen-bond acceptors (Lipinski definition) is 4. The Kier molecular flexibility index (Phi) is 6.03. The summed E-state index contributed by atoms with van der Waals surface area (Å²) in [6, 6.07) is 23.2. The van der Waals surface area contributed by atoms with Gasteiger partial charge in [0.2, 0.25) is 0 Å². The molecule has 1 heterocycles. The number of nitrogens with zero attached hydrogens (tertiary/aromatic N) is 3. The lowest BCUT2D eigenvalue weighted by Crippen LogP contribution is -2.31. The third-order valence-electron chi connectivity index (χ3n) is 4.82. The summed E-state index contributed by atoms with van der Waals surface area (Å²) in [6.45, 7) is 2.45. The van der Waals surface area contributed by atoms with Crippen LogP contribution in [0.15, 0.2) is 78.9 Å². The van der Waals surface area contributed by atoms with Crippen LogP contribution in [0.3, 0.4) is 0 Å². The fraction of sp³-hybridized carbons (Fsp3) is 0.125. The van der Waals surface area contributed by atoms with Crippen molar-refractivity contribution in [3.8, 4) is 5.75 Å². The molecular weight excluding hydrogens is 395 g/mol. The fourth-order valence-electron chi connectivity index (χ4n) is 3.12. The van der Waals surface area contributed by atoms with Crippen molar-refractivity contribution in [1.29, 1.82) is 0 Å². The summed E-state index contributed by atoms with van der Waals surface area (Å²) in [5, 5.41) is 10.3. The maximum atomic E-state index is 13.3. The molecule has 1 aromatic heterocycles. The molecule has 0 bridgehead atoms. The van der Waals surface area contributed by atoms with E-state index >= 15 is 0 Å². The minimum Gasteiger partial charge on any atom is -0.489 e. The van der Waals surface area contributed by atoms with Gasteiger partial charge in [0.05, 0.1) is 12.2 Å². The maximum absolute atomic E-state index is 13.3. The van der Waals surface area contributed by atoms with Crippen molar-refractivity contribution in [2.75, 3.05) is 4.90 Å². The number of aromatic amines is 1. The van der Waals surface area contributed by atoms with Gasteiger partial charge in [0.15, 0.2) is 5.69 Å². The summed E-state index contributed by atoms with van der Waals surface area (Å²) in [6.07, 6.45) is 0. The fourth-order valence-corrected chi connectivity index (χ4v) is 3.12. The number of benzene rings is 3. The Morgan fingerprint density at radius 3 is 2.32 bits per heavy atom. The van der Waals surface area contributed by atoms with E-state index in [1.54, 1.807) is 24.0 Å². The molecule has 0 fully saturated rings. The molecule has 0 saturated heterocycles. The number of aromatic nitrogens is 3. The molecule has 31 heavy (non-hydrogen) atoms. The smallest absolute Gasteiger partial charge is 0.281 e. The average molecular weight is 416 g/mol. The first kappa shape index (κ1) is 20.3. The average Bonchev–Trinajstić information content (AvgIpc) is 3.24.